The number of methoxy groups -OCH3 is 1. The number of para-hydroxylation sites is 2. The highest BCUT2D eigenvalue weighted by Crippen LogP contribution is 2.35. The maximum Gasteiger partial charge on any atom is 0.353 e. The quantitative estimate of drug-likeness (QED) is 0.358. The molecule has 2 aromatic carbocycles. The number of Topliss-reactive ketones (excluding diaryl/α,β-unsaturated/α-hetero) is 1. The second kappa shape index (κ2) is 8.12. The van der Waals surface area contributed by atoms with E-state index in [0.29, 0.717) is 22.7 Å². The third-order valence-corrected chi connectivity index (χ3v) is 3.90. The van der Waals surface area contributed by atoms with Crippen LogP contribution in [0, 0.1) is 10.1 Å². The molecule has 0 saturated heterocycles. The Hall–Kier alpha value is -4.01. The molecule has 9 nitrogen and oxygen atoms in total. The van der Waals surface area contributed by atoms with E-state index in [0.717, 1.165) is 0 Å². The Morgan fingerprint density at radius 3 is 2.46 bits per heavy atom. The van der Waals surface area contributed by atoms with Gasteiger partial charge in [-0.2, -0.15) is 0 Å². The first kappa shape index (κ1) is 18.8. The lowest BCUT2D eigenvalue weighted by Crippen LogP contribution is -2.06. The van der Waals surface area contributed by atoms with Crippen molar-refractivity contribution < 1.29 is 14.5 Å². The molecule has 0 saturated carbocycles. The summed E-state index contributed by atoms with van der Waals surface area (Å²) in [5.74, 6) is 0.409. The maximum atomic E-state index is 11.7. The summed E-state index contributed by atoms with van der Waals surface area (Å²) in [7, 11) is 1.50. The summed E-state index contributed by atoms with van der Waals surface area (Å²) in [6.07, 6.45) is 1.21. The van der Waals surface area contributed by atoms with Gasteiger partial charge >= 0.3 is 5.69 Å². The summed E-state index contributed by atoms with van der Waals surface area (Å²) in [5.41, 5.74) is 1.17. The first-order valence-electron chi connectivity index (χ1n) is 8.27. The van der Waals surface area contributed by atoms with Gasteiger partial charge in [0, 0.05) is 11.3 Å². The number of aromatic nitrogens is 2. The number of nitro groups is 1. The molecule has 28 heavy (non-hydrogen) atoms. The third-order valence-electron chi connectivity index (χ3n) is 3.90. The molecule has 0 radical (unpaired) electrons. The van der Waals surface area contributed by atoms with Gasteiger partial charge in [0.25, 0.3) is 0 Å². The van der Waals surface area contributed by atoms with Crippen LogP contribution in [0.4, 0.5) is 28.7 Å². The van der Waals surface area contributed by atoms with Crippen LogP contribution in [0.3, 0.4) is 0 Å². The van der Waals surface area contributed by atoms with Gasteiger partial charge in [-0.3, -0.25) is 14.9 Å². The zero-order valence-corrected chi connectivity index (χ0v) is 15.2. The van der Waals surface area contributed by atoms with Crippen LogP contribution < -0.4 is 15.4 Å². The summed E-state index contributed by atoms with van der Waals surface area (Å²) in [6.45, 7) is 1.45. The molecule has 9 heteroatoms. The van der Waals surface area contributed by atoms with Crippen LogP contribution in [0.15, 0.2) is 54.9 Å². The van der Waals surface area contributed by atoms with E-state index in [2.05, 4.69) is 20.6 Å². The van der Waals surface area contributed by atoms with Gasteiger partial charge < -0.3 is 15.4 Å². The zero-order chi connectivity index (χ0) is 20.1. The summed E-state index contributed by atoms with van der Waals surface area (Å²) in [6, 6.07) is 13.6. The van der Waals surface area contributed by atoms with Gasteiger partial charge in [-0.05, 0) is 31.2 Å². The van der Waals surface area contributed by atoms with Crippen molar-refractivity contribution in [1.82, 2.24) is 9.97 Å². The zero-order valence-electron chi connectivity index (χ0n) is 15.2. The number of carbonyl (C=O) groups is 1. The Morgan fingerprint density at radius 1 is 1.07 bits per heavy atom. The predicted molar refractivity (Wildman–Crippen MR) is 105 cm³/mol. The highest BCUT2D eigenvalue weighted by atomic mass is 16.6. The van der Waals surface area contributed by atoms with Gasteiger partial charge in [0.2, 0.25) is 11.6 Å². The molecule has 0 aliphatic carbocycles. The lowest BCUT2D eigenvalue weighted by molar-refractivity contribution is -0.383. The molecular weight excluding hydrogens is 362 g/mol. The van der Waals surface area contributed by atoms with E-state index in [1.165, 1.54) is 20.4 Å². The SMILES string of the molecule is COc1ccccc1Nc1ncnc(Nc2cccc(C(C)=O)c2)c1[N+](=O)[O-]. The number of carbonyl (C=O) groups excluding carboxylic acids is 1. The molecule has 0 atom stereocenters. The number of nitrogens with zero attached hydrogens (tertiary/aromatic N) is 3. The van der Waals surface area contributed by atoms with Crippen molar-refractivity contribution in [3.8, 4) is 5.75 Å². The monoisotopic (exact) mass is 379 g/mol. The Labute approximate surface area is 160 Å². The molecule has 3 aromatic rings. The van der Waals surface area contributed by atoms with E-state index in [-0.39, 0.29) is 23.1 Å². The molecule has 3 rings (SSSR count). The Bertz CT molecular complexity index is 1040. The van der Waals surface area contributed by atoms with Gasteiger partial charge in [0.1, 0.15) is 12.1 Å². The molecule has 1 heterocycles. The topological polar surface area (TPSA) is 119 Å². The number of nitrogens with one attached hydrogen (secondary N) is 2. The highest BCUT2D eigenvalue weighted by Gasteiger charge is 2.24. The molecule has 2 N–H and O–H groups in total. The van der Waals surface area contributed by atoms with E-state index in [1.54, 1.807) is 48.5 Å². The average Bonchev–Trinajstić information content (AvgIpc) is 2.68. The fourth-order valence-electron chi connectivity index (χ4n) is 2.56. The Morgan fingerprint density at radius 2 is 1.79 bits per heavy atom. The van der Waals surface area contributed by atoms with Crippen molar-refractivity contribution >= 4 is 34.5 Å². The minimum absolute atomic E-state index is 0.00176. The van der Waals surface area contributed by atoms with E-state index >= 15 is 0 Å². The van der Waals surface area contributed by atoms with Crippen molar-refractivity contribution in [3.05, 3.63) is 70.5 Å². The van der Waals surface area contributed by atoms with Crippen LogP contribution in [-0.2, 0) is 0 Å². The number of hydrogen-bond acceptors (Lipinski definition) is 8. The summed E-state index contributed by atoms with van der Waals surface area (Å²) < 4.78 is 5.26. The minimum Gasteiger partial charge on any atom is -0.495 e. The van der Waals surface area contributed by atoms with Crippen LogP contribution in [-0.4, -0.2) is 27.8 Å². The van der Waals surface area contributed by atoms with Gasteiger partial charge in [-0.1, -0.05) is 24.3 Å². The number of rotatable bonds is 7. The highest BCUT2D eigenvalue weighted by molar-refractivity contribution is 5.95. The summed E-state index contributed by atoms with van der Waals surface area (Å²) in [5, 5.41) is 17.5. The average molecular weight is 379 g/mol. The van der Waals surface area contributed by atoms with Gasteiger partial charge in [-0.15, -0.1) is 0 Å². The van der Waals surface area contributed by atoms with Crippen LogP contribution in [0.25, 0.3) is 0 Å². The molecule has 0 aliphatic rings. The molecule has 1 aromatic heterocycles. The molecule has 0 spiro atoms. The minimum atomic E-state index is -0.574. The van der Waals surface area contributed by atoms with Crippen LogP contribution in [0.1, 0.15) is 17.3 Å². The number of ether oxygens (including phenoxy) is 1. The molecular formula is C19H17N5O4. The second-order valence-electron chi connectivity index (χ2n) is 5.76. The Kier molecular flexibility index (Phi) is 5.45. The molecule has 142 valence electrons. The molecule has 0 aliphatic heterocycles. The lowest BCUT2D eigenvalue weighted by atomic mass is 10.1. The lowest BCUT2D eigenvalue weighted by Gasteiger charge is -2.12. The third kappa shape index (κ3) is 4.04. The number of anilines is 4. The van der Waals surface area contributed by atoms with E-state index in [9.17, 15) is 14.9 Å². The number of hydrogen-bond donors (Lipinski definition) is 2. The van der Waals surface area contributed by atoms with E-state index < -0.39 is 4.92 Å². The van der Waals surface area contributed by atoms with Crippen LogP contribution >= 0.6 is 0 Å². The van der Waals surface area contributed by atoms with Gasteiger partial charge in [0.15, 0.2) is 5.78 Å². The van der Waals surface area contributed by atoms with Crippen LogP contribution in [0.5, 0.6) is 5.75 Å². The summed E-state index contributed by atoms with van der Waals surface area (Å²) >= 11 is 0. The summed E-state index contributed by atoms with van der Waals surface area (Å²) in [4.78, 5) is 30.7. The van der Waals surface area contributed by atoms with Crippen LogP contribution in [0.2, 0.25) is 0 Å². The first-order chi connectivity index (χ1) is 13.5. The number of ketones is 1. The first-order valence-corrected chi connectivity index (χ1v) is 8.27. The fraction of sp³-hybridized carbons (Fsp3) is 0.105. The van der Waals surface area contributed by atoms with E-state index in [1.807, 2.05) is 0 Å². The second-order valence-corrected chi connectivity index (χ2v) is 5.76. The van der Waals surface area contributed by atoms with Gasteiger partial charge in [0.05, 0.1) is 17.7 Å². The Balaban J connectivity index is 1.99. The number of benzene rings is 2. The van der Waals surface area contributed by atoms with Crippen molar-refractivity contribution in [2.24, 2.45) is 0 Å². The normalized spacial score (nSPS) is 10.2. The molecule has 0 amide bonds. The predicted octanol–water partition coefficient (Wildman–Crippen LogP) is 4.08. The fourth-order valence-corrected chi connectivity index (χ4v) is 2.56. The smallest absolute Gasteiger partial charge is 0.353 e. The maximum absolute atomic E-state index is 11.7. The molecule has 0 unspecified atom stereocenters. The van der Waals surface area contributed by atoms with Crippen molar-refractivity contribution in [2.75, 3.05) is 17.7 Å². The molecule has 0 bridgehead atoms. The largest absolute Gasteiger partial charge is 0.495 e. The van der Waals surface area contributed by atoms with Crippen molar-refractivity contribution in [2.45, 2.75) is 6.92 Å². The van der Waals surface area contributed by atoms with Crippen molar-refractivity contribution in [1.29, 1.82) is 0 Å². The van der Waals surface area contributed by atoms with Gasteiger partial charge in [-0.25, -0.2) is 9.97 Å². The van der Waals surface area contributed by atoms with E-state index in [4.69, 9.17) is 4.74 Å². The standard InChI is InChI=1S/C19H17N5O4/c1-12(25)13-6-5-7-14(10-13)22-18-17(24(26)27)19(21-11-20-18)23-15-8-3-4-9-16(15)28-2/h3-11H,1-2H3,(H2,20,21,22,23). The van der Waals surface area contributed by atoms with Crippen molar-refractivity contribution in [3.63, 3.8) is 0 Å². The molecule has 0 fully saturated rings.